The molecule has 0 aromatic heterocycles. The third-order valence-corrected chi connectivity index (χ3v) is 2.46. The first kappa shape index (κ1) is 12.8. The van der Waals surface area contributed by atoms with Gasteiger partial charge in [0.05, 0.1) is 0 Å². The van der Waals surface area contributed by atoms with Crippen molar-refractivity contribution in [1.82, 2.24) is 5.32 Å². The molecule has 4 nitrogen and oxygen atoms in total. The molecule has 1 aliphatic rings. The Bertz CT molecular complexity index is 348. The third kappa shape index (κ3) is 3.12. The third-order valence-electron chi connectivity index (χ3n) is 2.46. The molecule has 0 unspecified atom stereocenters. The molecule has 1 saturated heterocycles. The van der Waals surface area contributed by atoms with Crippen molar-refractivity contribution in [1.29, 1.82) is 0 Å². The van der Waals surface area contributed by atoms with Crippen molar-refractivity contribution < 1.29 is 9.53 Å². The predicted molar refractivity (Wildman–Crippen MR) is 64.1 cm³/mol. The molecule has 0 spiro atoms. The second kappa shape index (κ2) is 5.72. The summed E-state index contributed by atoms with van der Waals surface area (Å²) in [5.41, 5.74) is 5.64. The number of hydrogen-bond acceptors (Lipinski definition) is 3. The maximum Gasteiger partial charge on any atom is 0.248 e. The van der Waals surface area contributed by atoms with Gasteiger partial charge in [-0.15, -0.1) is 12.4 Å². The fourth-order valence-corrected chi connectivity index (χ4v) is 1.62. The van der Waals surface area contributed by atoms with Gasteiger partial charge in [0.2, 0.25) is 5.91 Å². The highest BCUT2D eigenvalue weighted by atomic mass is 35.5. The smallest absolute Gasteiger partial charge is 0.248 e. The Morgan fingerprint density at radius 3 is 2.56 bits per heavy atom. The number of carbonyl (C=O) groups is 1. The lowest BCUT2D eigenvalue weighted by molar-refractivity contribution is 0.100. The van der Waals surface area contributed by atoms with Gasteiger partial charge in [-0.2, -0.15) is 0 Å². The summed E-state index contributed by atoms with van der Waals surface area (Å²) < 4.78 is 5.70. The van der Waals surface area contributed by atoms with Crippen molar-refractivity contribution in [3.8, 4) is 5.75 Å². The molecule has 88 valence electrons. The molecule has 1 amide bonds. The summed E-state index contributed by atoms with van der Waals surface area (Å²) in [6.07, 6.45) is 1.27. The van der Waals surface area contributed by atoms with E-state index in [0.29, 0.717) is 5.56 Å². The van der Waals surface area contributed by atoms with Crippen LogP contribution in [0.3, 0.4) is 0 Å². The van der Waals surface area contributed by atoms with Crippen LogP contribution < -0.4 is 15.8 Å². The first-order valence-corrected chi connectivity index (χ1v) is 5.03. The Morgan fingerprint density at radius 1 is 1.38 bits per heavy atom. The number of rotatable bonds is 3. The van der Waals surface area contributed by atoms with Gasteiger partial charge >= 0.3 is 0 Å². The fourth-order valence-electron chi connectivity index (χ4n) is 1.62. The Labute approximate surface area is 101 Å². The molecule has 1 aromatic carbocycles. The number of primary amides is 1. The van der Waals surface area contributed by atoms with Gasteiger partial charge in [-0.05, 0) is 37.2 Å². The molecule has 1 aliphatic heterocycles. The summed E-state index contributed by atoms with van der Waals surface area (Å²) in [7, 11) is 0. The van der Waals surface area contributed by atoms with Crippen molar-refractivity contribution in [3.05, 3.63) is 29.8 Å². The molecule has 1 heterocycles. The molecule has 16 heavy (non-hydrogen) atoms. The van der Waals surface area contributed by atoms with Gasteiger partial charge in [0.25, 0.3) is 0 Å². The molecule has 0 aliphatic carbocycles. The average Bonchev–Trinajstić information content (AvgIpc) is 2.71. The Kier molecular flexibility index (Phi) is 4.58. The van der Waals surface area contributed by atoms with Crippen LogP contribution in [0.4, 0.5) is 0 Å². The summed E-state index contributed by atoms with van der Waals surface area (Å²) in [5.74, 6) is 0.373. The zero-order valence-electron chi connectivity index (χ0n) is 8.81. The van der Waals surface area contributed by atoms with E-state index in [4.69, 9.17) is 10.5 Å². The Balaban J connectivity index is 0.00000128. The van der Waals surface area contributed by atoms with E-state index in [1.165, 1.54) is 0 Å². The van der Waals surface area contributed by atoms with Crippen LogP contribution in [0, 0.1) is 0 Å². The first-order valence-electron chi connectivity index (χ1n) is 5.03. The lowest BCUT2D eigenvalue weighted by Gasteiger charge is -2.12. The van der Waals surface area contributed by atoms with Crippen LogP contribution in [-0.2, 0) is 0 Å². The van der Waals surface area contributed by atoms with E-state index in [2.05, 4.69) is 5.32 Å². The van der Waals surface area contributed by atoms with Gasteiger partial charge in [-0.25, -0.2) is 0 Å². The first-order chi connectivity index (χ1) is 7.25. The van der Waals surface area contributed by atoms with Crippen LogP contribution in [0.15, 0.2) is 24.3 Å². The number of amides is 1. The van der Waals surface area contributed by atoms with Crippen LogP contribution in [0.1, 0.15) is 16.8 Å². The highest BCUT2D eigenvalue weighted by Gasteiger charge is 2.15. The monoisotopic (exact) mass is 242 g/mol. The number of ether oxygens (including phenoxy) is 1. The van der Waals surface area contributed by atoms with Gasteiger partial charge in [0.15, 0.2) is 0 Å². The normalized spacial score (nSPS) is 18.9. The zero-order valence-corrected chi connectivity index (χ0v) is 9.63. The van der Waals surface area contributed by atoms with Crippen LogP contribution in [0.5, 0.6) is 5.75 Å². The van der Waals surface area contributed by atoms with E-state index in [1.807, 2.05) is 0 Å². The number of nitrogens with two attached hydrogens (primary N) is 1. The molecule has 0 saturated carbocycles. The van der Waals surface area contributed by atoms with Crippen LogP contribution in [0.2, 0.25) is 0 Å². The second-order valence-electron chi connectivity index (χ2n) is 3.62. The number of benzene rings is 1. The summed E-state index contributed by atoms with van der Waals surface area (Å²) in [6, 6.07) is 6.91. The van der Waals surface area contributed by atoms with E-state index in [-0.39, 0.29) is 18.5 Å². The summed E-state index contributed by atoms with van der Waals surface area (Å²) in [6.45, 7) is 1.89. The molecule has 1 fully saturated rings. The molecular weight excluding hydrogens is 228 g/mol. The Hall–Kier alpha value is -1.26. The Morgan fingerprint density at radius 2 is 2.06 bits per heavy atom. The maximum absolute atomic E-state index is 10.8. The molecule has 1 aromatic rings. The van der Waals surface area contributed by atoms with E-state index >= 15 is 0 Å². The molecule has 0 bridgehead atoms. The van der Waals surface area contributed by atoms with Crippen molar-refractivity contribution in [2.24, 2.45) is 5.73 Å². The molecule has 5 heteroatoms. The average molecular weight is 243 g/mol. The quantitative estimate of drug-likeness (QED) is 0.830. The fraction of sp³-hybridized carbons (Fsp3) is 0.364. The topological polar surface area (TPSA) is 64.4 Å². The molecule has 0 radical (unpaired) electrons. The lowest BCUT2D eigenvalue weighted by Crippen LogP contribution is -2.19. The molecule has 1 atom stereocenters. The molecular formula is C11H15ClN2O2. The van der Waals surface area contributed by atoms with Crippen LogP contribution >= 0.6 is 12.4 Å². The predicted octanol–water partition coefficient (Wildman–Crippen LogP) is 0.948. The summed E-state index contributed by atoms with van der Waals surface area (Å²) in [5, 5.41) is 3.22. The van der Waals surface area contributed by atoms with Gasteiger partial charge in [-0.3, -0.25) is 4.79 Å². The number of carbonyl (C=O) groups excluding carboxylic acids is 1. The van der Waals surface area contributed by atoms with E-state index in [0.717, 1.165) is 25.3 Å². The minimum Gasteiger partial charge on any atom is -0.489 e. The number of hydrogen-bond donors (Lipinski definition) is 2. The maximum atomic E-state index is 10.8. The van der Waals surface area contributed by atoms with E-state index in [9.17, 15) is 4.79 Å². The van der Waals surface area contributed by atoms with E-state index in [1.54, 1.807) is 24.3 Å². The lowest BCUT2D eigenvalue weighted by atomic mass is 10.2. The van der Waals surface area contributed by atoms with Gasteiger partial charge in [0, 0.05) is 12.1 Å². The SMILES string of the molecule is Cl.NC(=O)c1ccc(O[C@H]2CCNC2)cc1. The second-order valence-corrected chi connectivity index (χ2v) is 3.62. The number of nitrogens with one attached hydrogen (secondary N) is 1. The summed E-state index contributed by atoms with van der Waals surface area (Å²) >= 11 is 0. The summed E-state index contributed by atoms with van der Waals surface area (Å²) in [4.78, 5) is 10.8. The largest absolute Gasteiger partial charge is 0.489 e. The van der Waals surface area contributed by atoms with Crippen molar-refractivity contribution in [2.75, 3.05) is 13.1 Å². The highest BCUT2D eigenvalue weighted by Crippen LogP contribution is 2.15. The van der Waals surface area contributed by atoms with Gasteiger partial charge in [-0.1, -0.05) is 0 Å². The van der Waals surface area contributed by atoms with Crippen LogP contribution in [0.25, 0.3) is 0 Å². The van der Waals surface area contributed by atoms with Crippen LogP contribution in [-0.4, -0.2) is 25.1 Å². The van der Waals surface area contributed by atoms with Crippen molar-refractivity contribution in [2.45, 2.75) is 12.5 Å². The minimum absolute atomic E-state index is 0. The highest BCUT2D eigenvalue weighted by molar-refractivity contribution is 5.92. The number of halogens is 1. The van der Waals surface area contributed by atoms with Gasteiger partial charge in [0.1, 0.15) is 11.9 Å². The van der Waals surface area contributed by atoms with Gasteiger partial charge < -0.3 is 15.8 Å². The minimum atomic E-state index is -0.413. The van der Waals surface area contributed by atoms with Crippen molar-refractivity contribution in [3.63, 3.8) is 0 Å². The van der Waals surface area contributed by atoms with Crippen molar-refractivity contribution >= 4 is 18.3 Å². The molecule has 2 rings (SSSR count). The zero-order chi connectivity index (χ0) is 10.7. The molecule has 3 N–H and O–H groups in total. The standard InChI is InChI=1S/C11H14N2O2.ClH/c12-11(14)8-1-3-9(4-2-8)15-10-5-6-13-7-10;/h1-4,10,13H,5-7H2,(H2,12,14);1H/t10-;/m0./s1. The van der Waals surface area contributed by atoms with E-state index < -0.39 is 5.91 Å².